The van der Waals surface area contributed by atoms with Crippen LogP contribution in [0.1, 0.15) is 28.0 Å². The van der Waals surface area contributed by atoms with E-state index in [0.717, 1.165) is 10.7 Å². The molecular weight excluding hydrogens is 316 g/mol. The van der Waals surface area contributed by atoms with E-state index in [2.05, 4.69) is 4.98 Å². The molecule has 0 spiro atoms. The fourth-order valence-electron chi connectivity index (χ4n) is 1.90. The number of ether oxygens (including phenoxy) is 1. The maximum atomic E-state index is 12.3. The van der Waals surface area contributed by atoms with Gasteiger partial charge in [-0.2, -0.15) is 0 Å². The summed E-state index contributed by atoms with van der Waals surface area (Å²) in [7, 11) is 1.46. The molecule has 122 valence electrons. The number of hydrogen-bond acceptors (Lipinski definition) is 5. The number of hydrogen-bond donors (Lipinski definition) is 1. The summed E-state index contributed by atoms with van der Waals surface area (Å²) in [6.45, 7) is 3.71. The monoisotopic (exact) mass is 334 g/mol. The Morgan fingerprint density at radius 1 is 1.43 bits per heavy atom. The van der Waals surface area contributed by atoms with E-state index in [0.29, 0.717) is 17.9 Å². The molecular formula is C16H18N2O4S. The SMILES string of the molecule is Cc1nc(COc2cccc(C(=O)N(C)C(C)C(=O)O)c2)cs1. The minimum atomic E-state index is -1.05. The molecule has 1 aromatic carbocycles. The van der Waals surface area contributed by atoms with Gasteiger partial charge in [0, 0.05) is 18.0 Å². The minimum absolute atomic E-state index is 0.323. The molecule has 0 fully saturated rings. The zero-order chi connectivity index (χ0) is 17.0. The zero-order valence-corrected chi connectivity index (χ0v) is 14.0. The summed E-state index contributed by atoms with van der Waals surface area (Å²) in [6, 6.07) is 5.79. The second-order valence-electron chi connectivity index (χ2n) is 5.10. The predicted octanol–water partition coefficient (Wildman–Crippen LogP) is 2.58. The van der Waals surface area contributed by atoms with Crippen LogP contribution < -0.4 is 4.74 Å². The molecule has 1 unspecified atom stereocenters. The molecule has 7 heteroatoms. The first-order valence-electron chi connectivity index (χ1n) is 7.02. The van der Waals surface area contributed by atoms with Crippen LogP contribution in [0.15, 0.2) is 29.6 Å². The number of carbonyl (C=O) groups is 2. The summed E-state index contributed by atoms with van der Waals surface area (Å²) in [4.78, 5) is 28.8. The lowest BCUT2D eigenvalue weighted by Gasteiger charge is -2.21. The standard InChI is InChI=1S/C16H18N2O4S/c1-10(16(20)21)18(3)15(19)12-5-4-6-14(7-12)22-8-13-9-23-11(2)17-13/h4-7,9-10H,8H2,1-3H3,(H,20,21). The molecule has 1 aromatic heterocycles. The second kappa shape index (κ2) is 7.23. The van der Waals surface area contributed by atoms with Gasteiger partial charge in [-0.25, -0.2) is 9.78 Å². The summed E-state index contributed by atoms with van der Waals surface area (Å²) >= 11 is 1.55. The number of carbonyl (C=O) groups excluding carboxylic acids is 1. The van der Waals surface area contributed by atoms with E-state index >= 15 is 0 Å². The van der Waals surface area contributed by atoms with Crippen molar-refractivity contribution in [2.75, 3.05) is 7.05 Å². The van der Waals surface area contributed by atoms with E-state index < -0.39 is 12.0 Å². The number of carboxylic acid groups (broad SMARTS) is 1. The second-order valence-corrected chi connectivity index (χ2v) is 6.17. The molecule has 0 aliphatic rings. The van der Waals surface area contributed by atoms with Crippen LogP contribution in [0.2, 0.25) is 0 Å². The molecule has 23 heavy (non-hydrogen) atoms. The van der Waals surface area contributed by atoms with Crippen LogP contribution in [0.25, 0.3) is 0 Å². The number of thiazole rings is 1. The molecule has 2 aromatic rings. The van der Waals surface area contributed by atoms with Crippen LogP contribution in [0.4, 0.5) is 0 Å². The van der Waals surface area contributed by atoms with Gasteiger partial charge in [-0.1, -0.05) is 6.07 Å². The van der Waals surface area contributed by atoms with Gasteiger partial charge in [0.05, 0.1) is 10.7 Å². The maximum absolute atomic E-state index is 12.3. The van der Waals surface area contributed by atoms with E-state index in [1.165, 1.54) is 18.9 Å². The van der Waals surface area contributed by atoms with Gasteiger partial charge in [-0.15, -0.1) is 11.3 Å². The molecule has 1 N–H and O–H groups in total. The van der Waals surface area contributed by atoms with Crippen LogP contribution >= 0.6 is 11.3 Å². The number of amides is 1. The molecule has 1 atom stereocenters. The Morgan fingerprint density at radius 3 is 2.78 bits per heavy atom. The molecule has 0 saturated heterocycles. The Kier molecular flexibility index (Phi) is 5.33. The van der Waals surface area contributed by atoms with Gasteiger partial charge in [0.15, 0.2) is 0 Å². The third-order valence-electron chi connectivity index (χ3n) is 3.39. The van der Waals surface area contributed by atoms with Crippen molar-refractivity contribution in [1.82, 2.24) is 9.88 Å². The Morgan fingerprint density at radius 2 is 2.17 bits per heavy atom. The van der Waals surface area contributed by atoms with E-state index in [4.69, 9.17) is 9.84 Å². The van der Waals surface area contributed by atoms with Crippen molar-refractivity contribution in [3.8, 4) is 5.75 Å². The highest BCUT2D eigenvalue weighted by Gasteiger charge is 2.22. The van der Waals surface area contributed by atoms with Crippen LogP contribution in [0.3, 0.4) is 0 Å². The van der Waals surface area contributed by atoms with E-state index in [-0.39, 0.29) is 5.91 Å². The highest BCUT2D eigenvalue weighted by molar-refractivity contribution is 7.09. The lowest BCUT2D eigenvalue weighted by atomic mass is 10.1. The third-order valence-corrected chi connectivity index (χ3v) is 4.22. The number of carboxylic acids is 1. The van der Waals surface area contributed by atoms with E-state index in [1.54, 1.807) is 35.6 Å². The van der Waals surface area contributed by atoms with Crippen LogP contribution in [0.5, 0.6) is 5.75 Å². The number of aromatic nitrogens is 1. The predicted molar refractivity (Wildman–Crippen MR) is 86.8 cm³/mol. The maximum Gasteiger partial charge on any atom is 0.326 e. The van der Waals surface area contributed by atoms with E-state index in [9.17, 15) is 9.59 Å². The zero-order valence-electron chi connectivity index (χ0n) is 13.1. The number of rotatable bonds is 6. The first-order valence-corrected chi connectivity index (χ1v) is 7.90. The van der Waals surface area contributed by atoms with Crippen LogP contribution in [0, 0.1) is 6.92 Å². The number of aliphatic carboxylic acids is 1. The van der Waals surface area contributed by atoms with Crippen molar-refractivity contribution >= 4 is 23.2 Å². The fourth-order valence-corrected chi connectivity index (χ4v) is 2.49. The van der Waals surface area contributed by atoms with Gasteiger partial charge >= 0.3 is 5.97 Å². The molecule has 1 heterocycles. The first-order chi connectivity index (χ1) is 10.9. The third kappa shape index (κ3) is 4.29. The van der Waals surface area contributed by atoms with Crippen molar-refractivity contribution < 1.29 is 19.4 Å². The van der Waals surface area contributed by atoms with Crippen LogP contribution in [-0.4, -0.2) is 40.0 Å². The van der Waals surface area contributed by atoms with Crippen molar-refractivity contribution in [3.63, 3.8) is 0 Å². The summed E-state index contributed by atoms with van der Waals surface area (Å²) in [5.74, 6) is -0.875. The molecule has 1 amide bonds. The summed E-state index contributed by atoms with van der Waals surface area (Å²) in [5, 5.41) is 11.9. The van der Waals surface area contributed by atoms with Crippen molar-refractivity contribution in [1.29, 1.82) is 0 Å². The van der Waals surface area contributed by atoms with Gasteiger partial charge in [0.1, 0.15) is 18.4 Å². The highest BCUT2D eigenvalue weighted by Crippen LogP contribution is 2.18. The number of nitrogens with zero attached hydrogens (tertiary/aromatic N) is 2. The molecule has 0 saturated carbocycles. The first kappa shape index (κ1) is 17.0. The normalized spacial score (nSPS) is 11.8. The van der Waals surface area contributed by atoms with Crippen molar-refractivity contribution in [2.45, 2.75) is 26.5 Å². The van der Waals surface area contributed by atoms with Gasteiger partial charge in [0.2, 0.25) is 0 Å². The number of likely N-dealkylation sites (N-methyl/N-ethyl adjacent to an activating group) is 1. The number of benzene rings is 1. The van der Waals surface area contributed by atoms with E-state index in [1.807, 2.05) is 12.3 Å². The highest BCUT2D eigenvalue weighted by atomic mass is 32.1. The molecule has 0 radical (unpaired) electrons. The molecule has 0 aliphatic heterocycles. The Labute approximate surface area is 138 Å². The Bertz CT molecular complexity index is 714. The van der Waals surface area contributed by atoms with Gasteiger partial charge in [-0.3, -0.25) is 4.79 Å². The molecule has 0 aliphatic carbocycles. The molecule has 2 rings (SSSR count). The summed E-state index contributed by atoms with van der Waals surface area (Å²) < 4.78 is 5.64. The smallest absolute Gasteiger partial charge is 0.326 e. The Balaban J connectivity index is 2.06. The lowest BCUT2D eigenvalue weighted by Crippen LogP contribution is -2.40. The number of aryl methyl sites for hydroxylation is 1. The van der Waals surface area contributed by atoms with Crippen molar-refractivity contribution in [2.24, 2.45) is 0 Å². The minimum Gasteiger partial charge on any atom is -0.487 e. The van der Waals surface area contributed by atoms with Crippen LogP contribution in [-0.2, 0) is 11.4 Å². The van der Waals surface area contributed by atoms with Gasteiger partial charge in [0.25, 0.3) is 5.91 Å². The summed E-state index contributed by atoms with van der Waals surface area (Å²) in [5.41, 5.74) is 1.22. The Hall–Kier alpha value is -2.41. The van der Waals surface area contributed by atoms with Crippen molar-refractivity contribution in [3.05, 3.63) is 45.9 Å². The lowest BCUT2D eigenvalue weighted by molar-refractivity contribution is -0.141. The quantitative estimate of drug-likeness (QED) is 0.878. The fraction of sp³-hybridized carbons (Fsp3) is 0.312. The topological polar surface area (TPSA) is 79.7 Å². The summed E-state index contributed by atoms with van der Waals surface area (Å²) in [6.07, 6.45) is 0. The van der Waals surface area contributed by atoms with Gasteiger partial charge in [-0.05, 0) is 32.0 Å². The molecule has 0 bridgehead atoms. The average Bonchev–Trinajstić information content (AvgIpc) is 2.96. The average molecular weight is 334 g/mol. The largest absolute Gasteiger partial charge is 0.487 e. The van der Waals surface area contributed by atoms with Gasteiger partial charge < -0.3 is 14.7 Å². The molecule has 6 nitrogen and oxygen atoms in total.